The van der Waals surface area contributed by atoms with E-state index in [0.29, 0.717) is 28.9 Å². The van der Waals surface area contributed by atoms with Gasteiger partial charge >= 0.3 is 0 Å². The highest BCUT2D eigenvalue weighted by Crippen LogP contribution is 2.46. The number of benzene rings is 2. The second-order valence-corrected chi connectivity index (χ2v) is 7.66. The number of para-hydroxylation sites is 1. The number of halogens is 1. The number of aliphatic hydroxyl groups excluding tert-OH is 2. The molecule has 0 saturated carbocycles. The summed E-state index contributed by atoms with van der Waals surface area (Å²) < 4.78 is 32.3. The molecule has 3 aromatic rings. The topological polar surface area (TPSA) is 72.1 Å². The molecule has 0 amide bonds. The molecule has 2 aromatic carbocycles. The summed E-state index contributed by atoms with van der Waals surface area (Å²) in [5.41, 5.74) is 2.36. The average Bonchev–Trinajstić information content (AvgIpc) is 3.22. The molecule has 1 unspecified atom stereocenters. The van der Waals surface area contributed by atoms with E-state index in [0.717, 1.165) is 11.0 Å². The monoisotopic (exact) mass is 384 g/mol. The first-order valence-corrected chi connectivity index (χ1v) is 9.43. The van der Waals surface area contributed by atoms with Crippen LogP contribution in [0.5, 0.6) is 0 Å². The van der Waals surface area contributed by atoms with Gasteiger partial charge in [0.1, 0.15) is 23.3 Å². The third kappa shape index (κ3) is 2.68. The SMILES string of the molecule is C[C@@H]1C[C@H](O)C(O)[C@@]2(OCc3cc(F)c(Cc4cc5ccccc5o4)cc32)O1. The Labute approximate surface area is 161 Å². The summed E-state index contributed by atoms with van der Waals surface area (Å²) in [6.45, 7) is 1.94. The molecule has 2 aliphatic rings. The molecule has 5 nitrogen and oxygen atoms in total. The minimum atomic E-state index is -1.47. The molecule has 1 fully saturated rings. The van der Waals surface area contributed by atoms with E-state index in [4.69, 9.17) is 13.9 Å². The minimum absolute atomic E-state index is 0.119. The molecule has 1 aromatic heterocycles. The highest BCUT2D eigenvalue weighted by Gasteiger charge is 2.54. The van der Waals surface area contributed by atoms with E-state index in [2.05, 4.69) is 0 Å². The van der Waals surface area contributed by atoms with Gasteiger partial charge in [-0.1, -0.05) is 18.2 Å². The lowest BCUT2D eigenvalue weighted by molar-refractivity contribution is -0.342. The summed E-state index contributed by atoms with van der Waals surface area (Å²) in [7, 11) is 0. The zero-order valence-electron chi connectivity index (χ0n) is 15.4. The van der Waals surface area contributed by atoms with Crippen LogP contribution in [0, 0.1) is 5.82 Å². The molecular formula is C22H21FO5. The smallest absolute Gasteiger partial charge is 0.225 e. The van der Waals surface area contributed by atoms with Crippen LogP contribution in [0.4, 0.5) is 4.39 Å². The molecule has 1 spiro atoms. The first-order chi connectivity index (χ1) is 13.5. The Balaban J connectivity index is 1.55. The van der Waals surface area contributed by atoms with Crippen molar-refractivity contribution in [1.82, 2.24) is 0 Å². The minimum Gasteiger partial charge on any atom is -0.461 e. The van der Waals surface area contributed by atoms with Crippen LogP contribution in [-0.2, 0) is 28.3 Å². The fourth-order valence-electron chi connectivity index (χ4n) is 4.29. The zero-order chi connectivity index (χ0) is 19.5. The normalized spacial score (nSPS) is 29.5. The van der Waals surface area contributed by atoms with Crippen molar-refractivity contribution in [3.8, 4) is 0 Å². The van der Waals surface area contributed by atoms with E-state index in [1.54, 1.807) is 6.07 Å². The van der Waals surface area contributed by atoms with E-state index < -0.39 is 18.0 Å². The first kappa shape index (κ1) is 17.8. The highest BCUT2D eigenvalue weighted by molar-refractivity contribution is 5.77. The number of aliphatic hydroxyl groups is 2. The Morgan fingerprint density at radius 1 is 1.18 bits per heavy atom. The Morgan fingerprint density at radius 2 is 2.00 bits per heavy atom. The molecule has 5 rings (SSSR count). The molecular weight excluding hydrogens is 363 g/mol. The van der Waals surface area contributed by atoms with E-state index in [1.165, 1.54) is 6.07 Å². The van der Waals surface area contributed by atoms with Crippen molar-refractivity contribution < 1.29 is 28.5 Å². The maximum absolute atomic E-state index is 14.7. The van der Waals surface area contributed by atoms with Crippen LogP contribution in [0.15, 0.2) is 46.9 Å². The van der Waals surface area contributed by atoms with E-state index in [1.807, 2.05) is 37.3 Å². The maximum atomic E-state index is 14.7. The zero-order valence-corrected chi connectivity index (χ0v) is 15.4. The van der Waals surface area contributed by atoms with Crippen LogP contribution >= 0.6 is 0 Å². The van der Waals surface area contributed by atoms with E-state index in [9.17, 15) is 14.6 Å². The molecule has 146 valence electrons. The lowest BCUT2D eigenvalue weighted by Crippen LogP contribution is -2.55. The van der Waals surface area contributed by atoms with Gasteiger partial charge in [-0.05, 0) is 42.3 Å². The lowest BCUT2D eigenvalue weighted by atomic mass is 9.88. The van der Waals surface area contributed by atoms with Crippen molar-refractivity contribution >= 4 is 11.0 Å². The lowest BCUT2D eigenvalue weighted by Gasteiger charge is -2.43. The van der Waals surface area contributed by atoms with Crippen LogP contribution in [-0.4, -0.2) is 28.5 Å². The van der Waals surface area contributed by atoms with Crippen molar-refractivity contribution in [2.75, 3.05) is 0 Å². The molecule has 28 heavy (non-hydrogen) atoms. The Bertz CT molecular complexity index is 1010. The van der Waals surface area contributed by atoms with Crippen molar-refractivity contribution in [2.45, 2.75) is 50.5 Å². The largest absolute Gasteiger partial charge is 0.461 e. The predicted octanol–water partition coefficient (Wildman–Crippen LogP) is 3.38. The third-order valence-electron chi connectivity index (χ3n) is 5.63. The first-order valence-electron chi connectivity index (χ1n) is 9.43. The molecule has 1 saturated heterocycles. The number of hydrogen-bond donors (Lipinski definition) is 2. The summed E-state index contributed by atoms with van der Waals surface area (Å²) in [6, 6.07) is 12.6. The second kappa shape index (κ2) is 6.39. The van der Waals surface area contributed by atoms with Crippen LogP contribution in [0.2, 0.25) is 0 Å². The number of ether oxygens (including phenoxy) is 2. The van der Waals surface area contributed by atoms with Crippen molar-refractivity contribution in [2.24, 2.45) is 0 Å². The van der Waals surface area contributed by atoms with Crippen LogP contribution in [0.3, 0.4) is 0 Å². The number of hydrogen-bond acceptors (Lipinski definition) is 5. The van der Waals surface area contributed by atoms with Gasteiger partial charge in [0.25, 0.3) is 0 Å². The number of fused-ring (bicyclic) bond motifs is 3. The summed E-state index contributed by atoms with van der Waals surface area (Å²) in [4.78, 5) is 0. The van der Waals surface area contributed by atoms with Crippen LogP contribution in [0.25, 0.3) is 11.0 Å². The molecule has 0 aliphatic carbocycles. The van der Waals surface area contributed by atoms with E-state index in [-0.39, 0.29) is 24.9 Å². The Hall–Kier alpha value is -2.25. The quantitative estimate of drug-likeness (QED) is 0.709. The molecule has 0 bridgehead atoms. The summed E-state index contributed by atoms with van der Waals surface area (Å²) >= 11 is 0. The summed E-state index contributed by atoms with van der Waals surface area (Å²) in [5.74, 6) is -1.19. The average molecular weight is 384 g/mol. The van der Waals surface area contributed by atoms with Crippen molar-refractivity contribution in [3.05, 3.63) is 70.7 Å². The molecule has 0 radical (unpaired) electrons. The molecule has 6 heteroatoms. The van der Waals surface area contributed by atoms with E-state index >= 15 is 0 Å². The fraction of sp³-hybridized carbons (Fsp3) is 0.364. The van der Waals surface area contributed by atoms with Crippen molar-refractivity contribution in [1.29, 1.82) is 0 Å². The molecule has 2 aliphatic heterocycles. The van der Waals surface area contributed by atoms with Gasteiger partial charge in [-0.25, -0.2) is 4.39 Å². The van der Waals surface area contributed by atoms with Crippen LogP contribution in [0.1, 0.15) is 35.8 Å². The number of furan rings is 1. The standard InChI is InChI=1S/C22H21FO5/c1-12-6-19(24)21(25)22(28-12)17-9-14(18(23)10-15(17)11-26-22)8-16-7-13-4-2-3-5-20(13)27-16/h2-5,7,9-10,12,19,21,24-25H,6,8,11H2,1H3/t12-,19+,21?,22+/m1/s1. The molecule has 3 heterocycles. The Kier molecular flexibility index (Phi) is 4.07. The van der Waals surface area contributed by atoms with Crippen LogP contribution < -0.4 is 0 Å². The molecule has 2 N–H and O–H groups in total. The third-order valence-corrected chi connectivity index (χ3v) is 5.63. The van der Waals surface area contributed by atoms with Gasteiger partial charge in [0.2, 0.25) is 5.79 Å². The van der Waals surface area contributed by atoms with Gasteiger partial charge in [-0.15, -0.1) is 0 Å². The maximum Gasteiger partial charge on any atom is 0.225 e. The summed E-state index contributed by atoms with van der Waals surface area (Å²) in [5, 5.41) is 21.8. The highest BCUT2D eigenvalue weighted by atomic mass is 19.1. The van der Waals surface area contributed by atoms with Gasteiger partial charge in [-0.2, -0.15) is 0 Å². The van der Waals surface area contributed by atoms with Gasteiger partial charge < -0.3 is 24.1 Å². The van der Waals surface area contributed by atoms with Gasteiger partial charge in [0.05, 0.1) is 18.8 Å². The Morgan fingerprint density at radius 3 is 2.82 bits per heavy atom. The summed E-state index contributed by atoms with van der Waals surface area (Å²) in [6.07, 6.45) is -1.94. The second-order valence-electron chi connectivity index (χ2n) is 7.66. The predicted molar refractivity (Wildman–Crippen MR) is 99.1 cm³/mol. The van der Waals surface area contributed by atoms with Gasteiger partial charge in [0, 0.05) is 23.8 Å². The number of rotatable bonds is 2. The van der Waals surface area contributed by atoms with Crippen molar-refractivity contribution in [3.63, 3.8) is 0 Å². The van der Waals surface area contributed by atoms with Gasteiger partial charge in [-0.3, -0.25) is 0 Å². The van der Waals surface area contributed by atoms with Gasteiger partial charge in [0.15, 0.2) is 0 Å². The molecule has 4 atom stereocenters. The fourth-order valence-corrected chi connectivity index (χ4v) is 4.29.